The van der Waals surface area contributed by atoms with Gasteiger partial charge in [-0.3, -0.25) is 4.57 Å². The predicted molar refractivity (Wildman–Crippen MR) is 589 cm³/mol. The molecule has 0 N–H and O–H groups in total. The zero-order chi connectivity index (χ0) is 92.2. The number of pyridine rings is 1. The Balaban J connectivity index is 0.000000112. The third-order valence-electron chi connectivity index (χ3n) is 27.9. The van der Waals surface area contributed by atoms with Crippen LogP contribution in [0.3, 0.4) is 0 Å². The second kappa shape index (κ2) is 35.7. The molecule has 0 saturated carbocycles. The number of para-hydroxylation sites is 6. The van der Waals surface area contributed by atoms with E-state index < -0.39 is 0 Å². The summed E-state index contributed by atoms with van der Waals surface area (Å²) in [6, 6.07) is 189. The maximum Gasteiger partial charge on any atom is 0.114 e. The van der Waals surface area contributed by atoms with Gasteiger partial charge in [0.1, 0.15) is 5.82 Å². The summed E-state index contributed by atoms with van der Waals surface area (Å²) in [6.07, 6.45) is 0.875. The molecule has 0 amide bonds. The van der Waals surface area contributed by atoms with Crippen molar-refractivity contribution in [2.24, 2.45) is 0 Å². The van der Waals surface area contributed by atoms with Crippen LogP contribution < -0.4 is 0 Å². The number of imidazole rings is 1. The van der Waals surface area contributed by atoms with Crippen molar-refractivity contribution in [3.05, 3.63) is 528 Å². The highest BCUT2D eigenvalue weighted by Gasteiger charge is 2.24. The molecule has 0 atom stereocenters. The summed E-state index contributed by atoms with van der Waals surface area (Å²) in [6.45, 7) is 2.17. The fourth-order valence-corrected chi connectivity index (χ4v) is 21.5. The highest BCUT2D eigenvalue weighted by atomic mass is 15.1. The minimum Gasteiger partial charge on any atom is -0.309 e. The number of nitrogens with zero attached hydrogens (tertiary/aromatic N) is 5. The SMILES string of the molecule is CCc1nc2ccccc2n1-c1ccc(-c2c3ccccc3c(-c3ccc(-c4ccccc4)cc3)c3ccccc23)cc1.c1ccc(-c2cccc(-c3cc(-c4cc(-n5c6ccccc6c6ccccc65)cc(-n5c6ccccc6c6ccccc65)c4)cc(-c4ccccc4)n3)c2)cc1.c1ccc2cc(-c3ccc(-c4c5ccccc5c(-c5cccc6ccccc56)c5ccccc45)cc3)ccc2c1. The molecule has 0 aliphatic heterocycles. The first-order valence-electron chi connectivity index (χ1n) is 48.0. The van der Waals surface area contributed by atoms with Crippen LogP contribution in [0, 0.1) is 0 Å². The molecular weight excluding hydrogens is 1680 g/mol. The number of hydrogen-bond donors (Lipinski definition) is 0. The Kier molecular flexibility index (Phi) is 21.2. The molecule has 5 heteroatoms. The molecule has 23 aromatic carbocycles. The van der Waals surface area contributed by atoms with Crippen molar-refractivity contribution in [3.63, 3.8) is 0 Å². The van der Waals surface area contributed by atoms with Gasteiger partial charge in [-0.2, -0.15) is 0 Å². The molecule has 139 heavy (non-hydrogen) atoms. The van der Waals surface area contributed by atoms with Crippen molar-refractivity contribution in [1.82, 2.24) is 23.7 Å². The number of benzene rings is 23. The van der Waals surface area contributed by atoms with Crippen LogP contribution in [-0.2, 0) is 6.42 Å². The number of fused-ring (bicyclic) bond motifs is 13. The lowest BCUT2D eigenvalue weighted by molar-refractivity contribution is 0.908. The first kappa shape index (κ1) is 82.7. The monoisotopic (exact) mass is 1770 g/mol. The standard InChI is InChI=1S/C53H35N3.C41H30N2.C40H26/c1-3-16-36(17-4-1)38-20-15-21-39(30-38)49-34-41(33-48(54-49)37-18-5-2-6-19-37)40-31-42(55-50-26-11-7-22-44(50)45-23-8-12-27-51(45)55)35-43(32-40)56-52-28-13-9-24-46(52)47-25-10-14-29-53(47)56;1-2-39-42-37-18-10-11-19-38(37)43(39)32-26-24-31(25-27-32)41-35-16-8-6-14-33(35)40(34-15-7-9-17-36(34)41)30-22-20-29(21-23-30)28-12-4-3-5-13-28;1-2-12-31-26-32(25-22-27(31)10-1)28-20-23-30(24-21-28)39-35-15-5-7-17-37(35)40(38-18-8-6-16-36(38)39)34-19-9-13-29-11-3-4-14-33(29)34/h1-35H;3-27H,2H2,1H3;1-26H. The van der Waals surface area contributed by atoms with Crippen LogP contribution in [0.2, 0.25) is 0 Å². The quantitative estimate of drug-likeness (QED) is 0.102. The highest BCUT2D eigenvalue weighted by Crippen LogP contribution is 2.49. The zero-order valence-corrected chi connectivity index (χ0v) is 76.6. The second-order valence-corrected chi connectivity index (χ2v) is 36.0. The fraction of sp³-hybridized carbons (Fsp3) is 0.0149. The van der Waals surface area contributed by atoms with E-state index >= 15 is 0 Å². The van der Waals surface area contributed by atoms with Crippen molar-refractivity contribution in [2.45, 2.75) is 13.3 Å². The maximum atomic E-state index is 5.33. The van der Waals surface area contributed by atoms with Crippen LogP contribution in [0.1, 0.15) is 12.7 Å². The van der Waals surface area contributed by atoms with Gasteiger partial charge in [0.15, 0.2) is 0 Å². The van der Waals surface area contributed by atoms with E-state index in [9.17, 15) is 0 Å². The summed E-state index contributed by atoms with van der Waals surface area (Å²) in [7, 11) is 0. The summed E-state index contributed by atoms with van der Waals surface area (Å²) < 4.78 is 7.14. The van der Waals surface area contributed by atoms with Gasteiger partial charge in [-0.05, 0) is 245 Å². The normalized spacial score (nSPS) is 11.5. The largest absolute Gasteiger partial charge is 0.309 e. The topological polar surface area (TPSA) is 40.6 Å². The lowest BCUT2D eigenvalue weighted by Gasteiger charge is -2.19. The van der Waals surface area contributed by atoms with Gasteiger partial charge >= 0.3 is 0 Å². The zero-order valence-electron chi connectivity index (χ0n) is 76.6. The van der Waals surface area contributed by atoms with E-state index in [4.69, 9.17) is 9.97 Å². The van der Waals surface area contributed by atoms with Crippen molar-refractivity contribution in [1.29, 1.82) is 0 Å². The summed E-state index contributed by atoms with van der Waals surface area (Å²) in [4.78, 5) is 10.2. The lowest BCUT2D eigenvalue weighted by atomic mass is 9.84. The number of rotatable bonds is 14. The molecule has 5 nitrogen and oxygen atoms in total. The van der Waals surface area contributed by atoms with E-state index in [0.717, 1.165) is 74.0 Å². The molecule has 0 unspecified atom stereocenters. The van der Waals surface area contributed by atoms with Crippen LogP contribution in [0.4, 0.5) is 0 Å². The summed E-state index contributed by atoms with van der Waals surface area (Å²) in [5.74, 6) is 1.08. The van der Waals surface area contributed by atoms with E-state index in [0.29, 0.717) is 0 Å². The minimum absolute atomic E-state index is 0.875. The number of aryl methyl sites for hydroxylation is 1. The molecule has 27 aromatic rings. The Morgan fingerprint density at radius 1 is 0.165 bits per heavy atom. The molecule has 0 aliphatic carbocycles. The molecule has 0 bridgehead atoms. The van der Waals surface area contributed by atoms with Gasteiger partial charge < -0.3 is 9.13 Å². The first-order chi connectivity index (χ1) is 68.9. The van der Waals surface area contributed by atoms with Crippen molar-refractivity contribution in [3.8, 4) is 129 Å². The van der Waals surface area contributed by atoms with Crippen LogP contribution >= 0.6 is 0 Å². The van der Waals surface area contributed by atoms with Crippen LogP contribution in [0.15, 0.2) is 522 Å². The lowest BCUT2D eigenvalue weighted by Crippen LogP contribution is -2.00. The van der Waals surface area contributed by atoms with Gasteiger partial charge in [0.05, 0.1) is 44.5 Å². The van der Waals surface area contributed by atoms with Gasteiger partial charge in [0, 0.05) is 56.2 Å². The highest BCUT2D eigenvalue weighted by molar-refractivity contribution is 6.25. The molecule has 0 saturated heterocycles. The fourth-order valence-electron chi connectivity index (χ4n) is 21.5. The molecule has 0 fully saturated rings. The molecule has 4 aromatic heterocycles. The summed E-state index contributed by atoms with van der Waals surface area (Å²) in [5, 5.41) is 20.2. The molecule has 0 spiro atoms. The number of hydrogen-bond acceptors (Lipinski definition) is 2. The van der Waals surface area contributed by atoms with Gasteiger partial charge in [0.25, 0.3) is 0 Å². The Hall–Kier alpha value is -18.2. The van der Waals surface area contributed by atoms with E-state index in [1.165, 1.54) is 186 Å². The molecule has 652 valence electrons. The first-order valence-corrected chi connectivity index (χ1v) is 48.0. The van der Waals surface area contributed by atoms with Gasteiger partial charge in [-0.15, -0.1) is 0 Å². The third-order valence-corrected chi connectivity index (χ3v) is 27.9. The number of aromatic nitrogens is 5. The van der Waals surface area contributed by atoms with Crippen LogP contribution in [-0.4, -0.2) is 23.7 Å². The van der Waals surface area contributed by atoms with Crippen LogP contribution in [0.5, 0.6) is 0 Å². The smallest absolute Gasteiger partial charge is 0.114 e. The third kappa shape index (κ3) is 15.1. The van der Waals surface area contributed by atoms with Gasteiger partial charge in [0.2, 0.25) is 0 Å². The molecule has 0 aliphatic rings. The Bertz CT molecular complexity index is 9040. The average Bonchev–Trinajstić information content (AvgIpc) is 1.72. The van der Waals surface area contributed by atoms with Crippen molar-refractivity contribution in [2.75, 3.05) is 0 Å². The predicted octanol–water partition coefficient (Wildman–Crippen LogP) is 36.1. The molecule has 4 heterocycles. The molecule has 27 rings (SSSR count). The van der Waals surface area contributed by atoms with E-state index in [1.54, 1.807) is 0 Å². The van der Waals surface area contributed by atoms with Gasteiger partial charge in [-0.1, -0.05) is 438 Å². The van der Waals surface area contributed by atoms with E-state index in [-0.39, 0.29) is 0 Å². The van der Waals surface area contributed by atoms with E-state index in [1.807, 2.05) is 0 Å². The average molecular weight is 1770 g/mol. The van der Waals surface area contributed by atoms with Crippen LogP contribution in [0.25, 0.3) is 248 Å². The molecular formula is C134H91N5. The van der Waals surface area contributed by atoms with Crippen molar-refractivity contribution >= 4 is 119 Å². The summed E-state index contributed by atoms with van der Waals surface area (Å²) >= 11 is 0. The second-order valence-electron chi connectivity index (χ2n) is 36.0. The van der Waals surface area contributed by atoms with Crippen molar-refractivity contribution < 1.29 is 0 Å². The van der Waals surface area contributed by atoms with E-state index in [2.05, 4.69) is 542 Å². The summed E-state index contributed by atoms with van der Waals surface area (Å²) in [5.41, 5.74) is 33.9. The Labute approximate surface area is 806 Å². The Morgan fingerprint density at radius 2 is 0.482 bits per heavy atom. The Morgan fingerprint density at radius 3 is 0.964 bits per heavy atom. The minimum atomic E-state index is 0.875. The molecule has 0 radical (unpaired) electrons. The van der Waals surface area contributed by atoms with Gasteiger partial charge in [-0.25, -0.2) is 9.97 Å². The maximum absolute atomic E-state index is 5.33.